The minimum absolute atomic E-state index is 0.0339. The highest BCUT2D eigenvalue weighted by Gasteiger charge is 2.25. The normalized spacial score (nSPS) is 13.0. The first kappa shape index (κ1) is 17.7. The summed E-state index contributed by atoms with van der Waals surface area (Å²) >= 11 is 1.45. The Morgan fingerprint density at radius 1 is 1.33 bits per heavy atom. The van der Waals surface area contributed by atoms with Gasteiger partial charge < -0.3 is 10.4 Å². The van der Waals surface area contributed by atoms with E-state index >= 15 is 0 Å². The Kier molecular flexibility index (Phi) is 6.40. The molecule has 5 heteroatoms. The van der Waals surface area contributed by atoms with Crippen molar-refractivity contribution in [3.05, 3.63) is 21.9 Å². The van der Waals surface area contributed by atoms with Crippen LogP contribution in [0.4, 0.5) is 0 Å². The average molecular weight is 311 g/mol. The van der Waals surface area contributed by atoms with Gasteiger partial charge >= 0.3 is 5.97 Å². The second-order valence-corrected chi connectivity index (χ2v) is 7.39. The molecule has 1 aromatic rings. The Morgan fingerprint density at radius 3 is 2.48 bits per heavy atom. The zero-order valence-corrected chi connectivity index (χ0v) is 14.0. The van der Waals surface area contributed by atoms with Crippen LogP contribution in [0.15, 0.2) is 11.4 Å². The van der Waals surface area contributed by atoms with Gasteiger partial charge in [0.25, 0.3) is 5.91 Å². The molecule has 1 aromatic heterocycles. The third-order valence-electron chi connectivity index (χ3n) is 3.78. The van der Waals surface area contributed by atoms with E-state index in [0.717, 1.165) is 16.9 Å². The number of carbonyl (C=O) groups excluding carboxylic acids is 1. The van der Waals surface area contributed by atoms with Gasteiger partial charge in [-0.1, -0.05) is 20.8 Å². The minimum atomic E-state index is -0.762. The Bertz CT molecular complexity index is 488. The first-order valence-corrected chi connectivity index (χ1v) is 8.14. The number of carboxylic acids is 1. The lowest BCUT2D eigenvalue weighted by molar-refractivity contribution is -0.137. The summed E-state index contributed by atoms with van der Waals surface area (Å²) in [5, 5.41) is 13.7. The summed E-state index contributed by atoms with van der Waals surface area (Å²) in [7, 11) is 0. The van der Waals surface area contributed by atoms with Gasteiger partial charge in [-0.15, -0.1) is 11.3 Å². The van der Waals surface area contributed by atoms with Gasteiger partial charge in [0, 0.05) is 13.0 Å². The van der Waals surface area contributed by atoms with Crippen LogP contribution in [-0.2, 0) is 4.79 Å². The second-order valence-electron chi connectivity index (χ2n) is 6.47. The SMILES string of the molecule is Cc1ccsc1C(=O)NCCC(CCC(=O)O)C(C)(C)C. The van der Waals surface area contributed by atoms with Gasteiger partial charge in [-0.3, -0.25) is 9.59 Å². The maximum Gasteiger partial charge on any atom is 0.303 e. The van der Waals surface area contributed by atoms with Crippen molar-refractivity contribution < 1.29 is 14.7 Å². The highest BCUT2D eigenvalue weighted by Crippen LogP contribution is 2.32. The van der Waals surface area contributed by atoms with Crippen molar-refractivity contribution in [2.45, 2.75) is 47.0 Å². The zero-order chi connectivity index (χ0) is 16.0. The maximum absolute atomic E-state index is 12.0. The fourth-order valence-corrected chi connectivity index (χ4v) is 3.20. The van der Waals surface area contributed by atoms with Gasteiger partial charge in [-0.25, -0.2) is 0 Å². The van der Waals surface area contributed by atoms with Crippen LogP contribution in [0.25, 0.3) is 0 Å². The number of carbonyl (C=O) groups is 2. The Morgan fingerprint density at radius 2 is 2.00 bits per heavy atom. The molecule has 1 rings (SSSR count). The molecule has 0 aliphatic rings. The van der Waals surface area contributed by atoms with E-state index in [1.165, 1.54) is 11.3 Å². The predicted octanol–water partition coefficient (Wildman–Crippen LogP) is 3.70. The number of aryl methyl sites for hydroxylation is 1. The van der Waals surface area contributed by atoms with E-state index < -0.39 is 5.97 Å². The minimum Gasteiger partial charge on any atom is -0.481 e. The first-order chi connectivity index (χ1) is 9.71. The van der Waals surface area contributed by atoms with E-state index in [-0.39, 0.29) is 23.7 Å². The molecular weight excluding hydrogens is 286 g/mol. The van der Waals surface area contributed by atoms with Crippen molar-refractivity contribution in [3.8, 4) is 0 Å². The molecular formula is C16H25NO3S. The van der Waals surface area contributed by atoms with Crippen molar-refractivity contribution in [2.24, 2.45) is 11.3 Å². The fraction of sp³-hybridized carbons (Fsp3) is 0.625. The van der Waals surface area contributed by atoms with Gasteiger partial charge in [0.15, 0.2) is 0 Å². The van der Waals surface area contributed by atoms with E-state index in [1.807, 2.05) is 18.4 Å². The van der Waals surface area contributed by atoms with Crippen LogP contribution in [0.1, 0.15) is 55.3 Å². The van der Waals surface area contributed by atoms with Gasteiger partial charge in [-0.2, -0.15) is 0 Å². The lowest BCUT2D eigenvalue weighted by Crippen LogP contribution is -2.29. The van der Waals surface area contributed by atoms with E-state index in [9.17, 15) is 9.59 Å². The third kappa shape index (κ3) is 5.87. The summed E-state index contributed by atoms with van der Waals surface area (Å²) < 4.78 is 0. The smallest absolute Gasteiger partial charge is 0.303 e. The molecule has 0 aliphatic heterocycles. The molecule has 0 bridgehead atoms. The van der Waals surface area contributed by atoms with Crippen molar-refractivity contribution >= 4 is 23.2 Å². The highest BCUT2D eigenvalue weighted by molar-refractivity contribution is 7.12. The predicted molar refractivity (Wildman–Crippen MR) is 85.8 cm³/mol. The van der Waals surface area contributed by atoms with Crippen molar-refractivity contribution in [1.82, 2.24) is 5.32 Å². The van der Waals surface area contributed by atoms with Crippen molar-refractivity contribution in [3.63, 3.8) is 0 Å². The van der Waals surface area contributed by atoms with Gasteiger partial charge in [0.2, 0.25) is 0 Å². The van der Waals surface area contributed by atoms with Crippen LogP contribution < -0.4 is 5.32 Å². The highest BCUT2D eigenvalue weighted by atomic mass is 32.1. The molecule has 1 atom stereocenters. The summed E-state index contributed by atoms with van der Waals surface area (Å²) in [6, 6.07) is 1.93. The summed E-state index contributed by atoms with van der Waals surface area (Å²) in [4.78, 5) is 23.5. The number of hydrogen-bond acceptors (Lipinski definition) is 3. The van der Waals surface area contributed by atoms with Crippen molar-refractivity contribution in [1.29, 1.82) is 0 Å². The molecule has 0 radical (unpaired) electrons. The second kappa shape index (κ2) is 7.59. The van der Waals surface area contributed by atoms with Crippen LogP contribution in [-0.4, -0.2) is 23.5 Å². The molecule has 0 saturated heterocycles. The Balaban J connectivity index is 2.48. The number of carboxylic acid groups (broad SMARTS) is 1. The maximum atomic E-state index is 12.0. The number of thiophene rings is 1. The van der Waals surface area contributed by atoms with Crippen LogP contribution >= 0.6 is 11.3 Å². The summed E-state index contributed by atoms with van der Waals surface area (Å²) in [5.74, 6) is -0.519. The fourth-order valence-electron chi connectivity index (χ4n) is 2.35. The average Bonchev–Trinajstić information content (AvgIpc) is 2.77. The van der Waals surface area contributed by atoms with Crippen LogP contribution in [0.3, 0.4) is 0 Å². The summed E-state index contributed by atoms with van der Waals surface area (Å²) in [5.41, 5.74) is 1.04. The lowest BCUT2D eigenvalue weighted by atomic mass is 9.76. The number of aliphatic carboxylic acids is 1. The molecule has 0 aromatic carbocycles. The number of hydrogen-bond donors (Lipinski definition) is 2. The molecule has 1 amide bonds. The monoisotopic (exact) mass is 311 g/mol. The van der Waals surface area contributed by atoms with Gasteiger partial charge in [-0.05, 0) is 48.1 Å². The lowest BCUT2D eigenvalue weighted by Gasteiger charge is -2.30. The molecule has 0 fully saturated rings. The Labute approximate surface area is 130 Å². The molecule has 21 heavy (non-hydrogen) atoms. The molecule has 1 heterocycles. The topological polar surface area (TPSA) is 66.4 Å². The Hall–Kier alpha value is -1.36. The summed E-state index contributed by atoms with van der Waals surface area (Å²) in [6.45, 7) is 8.86. The van der Waals surface area contributed by atoms with Crippen molar-refractivity contribution in [2.75, 3.05) is 6.54 Å². The number of amides is 1. The van der Waals surface area contributed by atoms with E-state index in [4.69, 9.17) is 5.11 Å². The van der Waals surface area contributed by atoms with Gasteiger partial charge in [0.1, 0.15) is 0 Å². The molecule has 1 unspecified atom stereocenters. The summed E-state index contributed by atoms with van der Waals surface area (Å²) in [6.07, 6.45) is 1.62. The van der Waals surface area contributed by atoms with Crippen LogP contribution in [0.5, 0.6) is 0 Å². The van der Waals surface area contributed by atoms with Crippen LogP contribution in [0.2, 0.25) is 0 Å². The first-order valence-electron chi connectivity index (χ1n) is 7.26. The standard InChI is InChI=1S/C16H25NO3S/c1-11-8-10-21-14(11)15(20)17-9-7-12(16(2,3)4)5-6-13(18)19/h8,10,12H,5-7,9H2,1-4H3,(H,17,20)(H,18,19). The number of nitrogens with one attached hydrogen (secondary N) is 1. The molecule has 2 N–H and O–H groups in total. The quantitative estimate of drug-likeness (QED) is 0.807. The molecule has 118 valence electrons. The van der Waals surface area contributed by atoms with Crippen LogP contribution in [0, 0.1) is 18.3 Å². The molecule has 0 saturated carbocycles. The molecule has 0 spiro atoms. The van der Waals surface area contributed by atoms with E-state index in [2.05, 4.69) is 26.1 Å². The number of rotatable bonds is 7. The molecule has 0 aliphatic carbocycles. The zero-order valence-electron chi connectivity index (χ0n) is 13.2. The van der Waals surface area contributed by atoms with Gasteiger partial charge in [0.05, 0.1) is 4.88 Å². The molecule has 4 nitrogen and oxygen atoms in total. The van der Waals surface area contributed by atoms with E-state index in [0.29, 0.717) is 13.0 Å². The largest absolute Gasteiger partial charge is 0.481 e. The third-order valence-corrected chi connectivity index (χ3v) is 4.79. The van der Waals surface area contributed by atoms with E-state index in [1.54, 1.807) is 0 Å².